The molecule has 0 unspecified atom stereocenters. The highest BCUT2D eigenvalue weighted by Crippen LogP contribution is 2.31. The van der Waals surface area contributed by atoms with Crippen LogP contribution >= 0.6 is 0 Å². The van der Waals surface area contributed by atoms with Gasteiger partial charge in [0.15, 0.2) is 0 Å². The first-order valence-electron chi connectivity index (χ1n) is 7.11. The molecule has 1 heterocycles. The Hall–Kier alpha value is -0.910. The molecule has 112 valence electrons. The zero-order chi connectivity index (χ0) is 15.0. The van der Waals surface area contributed by atoms with Crippen LogP contribution in [0.2, 0.25) is 0 Å². The Balaban J connectivity index is 2.12. The van der Waals surface area contributed by atoms with Crippen molar-refractivity contribution >= 4 is 10.0 Å². The molecule has 1 aliphatic rings. The highest BCUT2D eigenvalue weighted by atomic mass is 32.2. The SMILES string of the molecule is CCCC1(O)CN(S(=O)(=O)c2ccc(C(C)C)cc2)C1. The van der Waals surface area contributed by atoms with Crippen LogP contribution in [-0.2, 0) is 10.0 Å². The molecule has 1 aromatic rings. The van der Waals surface area contributed by atoms with Gasteiger partial charge in [0, 0.05) is 13.1 Å². The van der Waals surface area contributed by atoms with Crippen LogP contribution < -0.4 is 0 Å². The molecule has 1 saturated heterocycles. The van der Waals surface area contributed by atoms with Crippen LogP contribution in [0.3, 0.4) is 0 Å². The number of sulfonamides is 1. The topological polar surface area (TPSA) is 57.6 Å². The predicted octanol–water partition coefficient (Wildman–Crippen LogP) is 2.35. The van der Waals surface area contributed by atoms with E-state index in [-0.39, 0.29) is 13.1 Å². The zero-order valence-electron chi connectivity index (χ0n) is 12.3. The first-order chi connectivity index (χ1) is 9.28. The molecule has 1 fully saturated rings. The molecule has 20 heavy (non-hydrogen) atoms. The quantitative estimate of drug-likeness (QED) is 0.907. The molecule has 5 heteroatoms. The molecule has 0 aliphatic carbocycles. The lowest BCUT2D eigenvalue weighted by Crippen LogP contribution is -2.63. The standard InChI is InChI=1S/C15H23NO3S/c1-4-9-15(17)10-16(11-15)20(18,19)14-7-5-13(6-8-14)12(2)3/h5-8,12,17H,4,9-11H2,1-3H3. The third-order valence-electron chi connectivity index (χ3n) is 3.84. The summed E-state index contributed by atoms with van der Waals surface area (Å²) >= 11 is 0. The molecular formula is C15H23NO3S. The Morgan fingerprint density at radius 1 is 1.25 bits per heavy atom. The summed E-state index contributed by atoms with van der Waals surface area (Å²) in [6, 6.07) is 7.02. The molecule has 0 amide bonds. The summed E-state index contributed by atoms with van der Waals surface area (Å²) in [6.45, 7) is 6.54. The Morgan fingerprint density at radius 3 is 2.25 bits per heavy atom. The van der Waals surface area contributed by atoms with Crippen molar-refractivity contribution < 1.29 is 13.5 Å². The van der Waals surface area contributed by atoms with Crippen molar-refractivity contribution in [2.75, 3.05) is 13.1 Å². The van der Waals surface area contributed by atoms with Crippen molar-refractivity contribution in [2.24, 2.45) is 0 Å². The van der Waals surface area contributed by atoms with E-state index in [1.165, 1.54) is 4.31 Å². The average Bonchev–Trinajstić information content (AvgIpc) is 2.36. The number of hydrogen-bond acceptors (Lipinski definition) is 3. The summed E-state index contributed by atoms with van der Waals surface area (Å²) in [7, 11) is -3.46. The second-order valence-electron chi connectivity index (χ2n) is 5.97. The van der Waals surface area contributed by atoms with E-state index >= 15 is 0 Å². The highest BCUT2D eigenvalue weighted by Gasteiger charge is 2.46. The van der Waals surface area contributed by atoms with Crippen LogP contribution in [0.25, 0.3) is 0 Å². The van der Waals surface area contributed by atoms with Gasteiger partial charge in [-0.3, -0.25) is 0 Å². The number of hydrogen-bond donors (Lipinski definition) is 1. The number of nitrogens with zero attached hydrogens (tertiary/aromatic N) is 1. The molecule has 0 saturated carbocycles. The van der Waals surface area contributed by atoms with E-state index < -0.39 is 15.6 Å². The van der Waals surface area contributed by atoms with Crippen LogP contribution in [0, 0.1) is 0 Å². The van der Waals surface area contributed by atoms with E-state index in [1.807, 2.05) is 19.1 Å². The van der Waals surface area contributed by atoms with Gasteiger partial charge in [0.05, 0.1) is 10.5 Å². The van der Waals surface area contributed by atoms with Gasteiger partial charge in [0.2, 0.25) is 10.0 Å². The normalized spacial score (nSPS) is 19.1. The molecule has 4 nitrogen and oxygen atoms in total. The summed E-state index contributed by atoms with van der Waals surface area (Å²) in [5.74, 6) is 0.380. The van der Waals surface area contributed by atoms with Crippen LogP contribution in [0.4, 0.5) is 0 Å². The predicted molar refractivity (Wildman–Crippen MR) is 79.1 cm³/mol. The van der Waals surface area contributed by atoms with E-state index in [0.717, 1.165) is 12.0 Å². The average molecular weight is 297 g/mol. The molecule has 1 aromatic carbocycles. The van der Waals surface area contributed by atoms with E-state index in [4.69, 9.17) is 0 Å². The lowest BCUT2D eigenvalue weighted by molar-refractivity contribution is -0.0653. The molecule has 1 N–H and O–H groups in total. The van der Waals surface area contributed by atoms with E-state index in [9.17, 15) is 13.5 Å². The van der Waals surface area contributed by atoms with Gasteiger partial charge in [-0.15, -0.1) is 0 Å². The fourth-order valence-corrected chi connectivity index (χ4v) is 4.18. The van der Waals surface area contributed by atoms with Crippen LogP contribution in [-0.4, -0.2) is 36.5 Å². The van der Waals surface area contributed by atoms with E-state index in [2.05, 4.69) is 13.8 Å². The minimum Gasteiger partial charge on any atom is -0.387 e. The summed E-state index contributed by atoms with van der Waals surface area (Å²) in [5, 5.41) is 10.1. The van der Waals surface area contributed by atoms with Crippen molar-refractivity contribution in [2.45, 2.75) is 50.0 Å². The Kier molecular flexibility index (Phi) is 4.23. The van der Waals surface area contributed by atoms with Crippen LogP contribution in [0.15, 0.2) is 29.2 Å². The van der Waals surface area contributed by atoms with Crippen molar-refractivity contribution in [1.82, 2.24) is 4.31 Å². The number of benzene rings is 1. The highest BCUT2D eigenvalue weighted by molar-refractivity contribution is 7.89. The van der Waals surface area contributed by atoms with Crippen molar-refractivity contribution in [1.29, 1.82) is 0 Å². The van der Waals surface area contributed by atoms with Gasteiger partial charge in [-0.2, -0.15) is 4.31 Å². The summed E-state index contributed by atoms with van der Waals surface area (Å²) in [6.07, 6.45) is 1.50. The van der Waals surface area contributed by atoms with Crippen molar-refractivity contribution in [3.63, 3.8) is 0 Å². The van der Waals surface area contributed by atoms with E-state index in [1.54, 1.807) is 12.1 Å². The monoisotopic (exact) mass is 297 g/mol. The molecule has 0 aromatic heterocycles. The van der Waals surface area contributed by atoms with E-state index in [0.29, 0.717) is 17.2 Å². The molecule has 2 rings (SSSR count). The van der Waals surface area contributed by atoms with Gasteiger partial charge in [0.1, 0.15) is 0 Å². The molecule has 0 bridgehead atoms. The minimum absolute atomic E-state index is 0.203. The van der Waals surface area contributed by atoms with Gasteiger partial charge in [-0.25, -0.2) is 8.42 Å². The lowest BCUT2D eigenvalue weighted by atomic mass is 9.92. The Labute approximate surface area is 121 Å². The third-order valence-corrected chi connectivity index (χ3v) is 5.65. The number of aliphatic hydroxyl groups is 1. The zero-order valence-corrected chi connectivity index (χ0v) is 13.2. The Morgan fingerprint density at radius 2 is 1.80 bits per heavy atom. The maximum absolute atomic E-state index is 12.4. The molecule has 0 atom stereocenters. The first-order valence-corrected chi connectivity index (χ1v) is 8.55. The Bertz CT molecular complexity index is 557. The smallest absolute Gasteiger partial charge is 0.243 e. The largest absolute Gasteiger partial charge is 0.387 e. The minimum atomic E-state index is -3.46. The first kappa shape index (κ1) is 15.5. The van der Waals surface area contributed by atoms with Crippen molar-refractivity contribution in [3.8, 4) is 0 Å². The molecule has 0 radical (unpaired) electrons. The molecular weight excluding hydrogens is 274 g/mol. The summed E-state index contributed by atoms with van der Waals surface area (Å²) in [5.41, 5.74) is 0.287. The summed E-state index contributed by atoms with van der Waals surface area (Å²) in [4.78, 5) is 0.306. The van der Waals surface area contributed by atoms with Gasteiger partial charge in [-0.1, -0.05) is 39.3 Å². The fraction of sp³-hybridized carbons (Fsp3) is 0.600. The van der Waals surface area contributed by atoms with Crippen molar-refractivity contribution in [3.05, 3.63) is 29.8 Å². The van der Waals surface area contributed by atoms with Gasteiger partial charge in [-0.05, 0) is 30.0 Å². The molecule has 1 aliphatic heterocycles. The maximum atomic E-state index is 12.4. The van der Waals surface area contributed by atoms with Gasteiger partial charge < -0.3 is 5.11 Å². The molecule has 0 spiro atoms. The number of β-amino-alcohol motifs (C(OH)–C–C–N with tert-alkyl or cyclic N) is 1. The van der Waals surface area contributed by atoms with Gasteiger partial charge in [0.25, 0.3) is 0 Å². The second kappa shape index (κ2) is 5.47. The fourth-order valence-electron chi connectivity index (χ4n) is 2.58. The summed E-state index contributed by atoms with van der Waals surface area (Å²) < 4.78 is 26.2. The second-order valence-corrected chi connectivity index (χ2v) is 7.91. The lowest BCUT2D eigenvalue weighted by Gasteiger charge is -2.45. The maximum Gasteiger partial charge on any atom is 0.243 e. The third kappa shape index (κ3) is 2.90. The van der Waals surface area contributed by atoms with Crippen LogP contribution in [0.1, 0.15) is 45.1 Å². The number of rotatable bonds is 5. The van der Waals surface area contributed by atoms with Gasteiger partial charge >= 0.3 is 0 Å². The van der Waals surface area contributed by atoms with Crippen LogP contribution in [0.5, 0.6) is 0 Å².